The monoisotopic (exact) mass is 313 g/mol. The second kappa shape index (κ2) is 4.21. The Balaban J connectivity index is 3.28. The number of halogens is 2. The molecule has 6 heteroatoms. The van der Waals surface area contributed by atoms with Gasteiger partial charge in [-0.1, -0.05) is 11.6 Å². The highest BCUT2D eigenvalue weighted by Gasteiger charge is 2.12. The fourth-order valence-electron chi connectivity index (χ4n) is 0.846. The first-order chi connectivity index (χ1) is 6.06. The molecule has 70 valence electrons. The van der Waals surface area contributed by atoms with Crippen molar-refractivity contribution in [2.24, 2.45) is 0 Å². The van der Waals surface area contributed by atoms with Gasteiger partial charge in [0.1, 0.15) is 0 Å². The van der Waals surface area contributed by atoms with Gasteiger partial charge in [0.05, 0.1) is 16.6 Å². The number of hydrogen-bond donors (Lipinski definition) is 1. The SMILES string of the molecule is O=[N+]([O-])c1cc(Cl)c(CO)c(I)c1. The van der Waals surface area contributed by atoms with Crippen molar-refractivity contribution in [2.45, 2.75) is 6.61 Å². The lowest BCUT2D eigenvalue weighted by atomic mass is 10.2. The summed E-state index contributed by atoms with van der Waals surface area (Å²) in [4.78, 5) is 9.87. The number of nitrogens with zero attached hydrogens (tertiary/aromatic N) is 1. The van der Waals surface area contributed by atoms with Gasteiger partial charge in [0.25, 0.3) is 5.69 Å². The van der Waals surface area contributed by atoms with Crippen LogP contribution in [-0.4, -0.2) is 10.0 Å². The number of nitro groups is 1. The minimum Gasteiger partial charge on any atom is -0.392 e. The van der Waals surface area contributed by atoms with Crippen LogP contribution in [0.1, 0.15) is 5.56 Å². The van der Waals surface area contributed by atoms with Gasteiger partial charge in [0, 0.05) is 21.3 Å². The zero-order valence-corrected chi connectivity index (χ0v) is 9.24. The summed E-state index contributed by atoms with van der Waals surface area (Å²) in [5.41, 5.74) is 0.458. The Bertz CT molecular complexity index is 333. The first-order valence-corrected chi connectivity index (χ1v) is 4.75. The zero-order valence-electron chi connectivity index (χ0n) is 6.33. The van der Waals surface area contributed by atoms with E-state index < -0.39 is 4.92 Å². The third kappa shape index (κ3) is 2.29. The number of aliphatic hydroxyl groups excluding tert-OH is 1. The van der Waals surface area contributed by atoms with Gasteiger partial charge in [0.15, 0.2) is 0 Å². The van der Waals surface area contributed by atoms with E-state index in [1.54, 1.807) is 0 Å². The number of hydrogen-bond acceptors (Lipinski definition) is 3. The predicted molar refractivity (Wildman–Crippen MR) is 56.7 cm³/mol. The Hall–Kier alpha value is -0.400. The first kappa shape index (κ1) is 10.7. The van der Waals surface area contributed by atoms with Crippen LogP contribution >= 0.6 is 34.2 Å². The molecular formula is C7H5ClINO3. The summed E-state index contributed by atoms with van der Waals surface area (Å²) in [5.74, 6) is 0. The van der Waals surface area contributed by atoms with Gasteiger partial charge in [-0.25, -0.2) is 0 Å². The van der Waals surface area contributed by atoms with Gasteiger partial charge in [-0.3, -0.25) is 10.1 Å². The lowest BCUT2D eigenvalue weighted by Crippen LogP contribution is -1.94. The van der Waals surface area contributed by atoms with Crippen LogP contribution in [-0.2, 0) is 6.61 Å². The van der Waals surface area contributed by atoms with Crippen molar-refractivity contribution in [1.29, 1.82) is 0 Å². The number of non-ortho nitro benzene ring substituents is 1. The molecule has 1 rings (SSSR count). The predicted octanol–water partition coefficient (Wildman–Crippen LogP) is 2.35. The van der Waals surface area contributed by atoms with Gasteiger partial charge in [0.2, 0.25) is 0 Å². The lowest BCUT2D eigenvalue weighted by molar-refractivity contribution is -0.384. The Morgan fingerprint density at radius 3 is 2.62 bits per heavy atom. The first-order valence-electron chi connectivity index (χ1n) is 3.29. The van der Waals surface area contributed by atoms with Gasteiger partial charge < -0.3 is 5.11 Å². The van der Waals surface area contributed by atoms with E-state index in [-0.39, 0.29) is 17.3 Å². The quantitative estimate of drug-likeness (QED) is 0.518. The molecule has 0 fully saturated rings. The molecule has 0 amide bonds. The zero-order chi connectivity index (χ0) is 10.0. The van der Waals surface area contributed by atoms with Gasteiger partial charge >= 0.3 is 0 Å². The normalized spacial score (nSPS) is 10.1. The molecule has 0 aliphatic rings. The largest absolute Gasteiger partial charge is 0.392 e. The van der Waals surface area contributed by atoms with Crippen molar-refractivity contribution in [3.63, 3.8) is 0 Å². The minimum absolute atomic E-state index is 0.0633. The van der Waals surface area contributed by atoms with E-state index in [9.17, 15) is 10.1 Å². The molecule has 0 aliphatic carbocycles. The third-order valence-electron chi connectivity index (χ3n) is 1.49. The molecule has 13 heavy (non-hydrogen) atoms. The van der Waals surface area contributed by atoms with Crippen molar-refractivity contribution in [3.8, 4) is 0 Å². The highest BCUT2D eigenvalue weighted by atomic mass is 127. The second-order valence-corrected chi connectivity index (χ2v) is 3.87. The van der Waals surface area contributed by atoms with E-state index in [1.165, 1.54) is 12.1 Å². The Kier molecular flexibility index (Phi) is 3.46. The maximum atomic E-state index is 10.4. The highest BCUT2D eigenvalue weighted by molar-refractivity contribution is 14.1. The van der Waals surface area contributed by atoms with Crippen LogP contribution < -0.4 is 0 Å². The van der Waals surface area contributed by atoms with Crippen LogP contribution in [0.4, 0.5) is 5.69 Å². The summed E-state index contributed by atoms with van der Waals surface area (Å²) in [6.45, 7) is -0.213. The van der Waals surface area contributed by atoms with E-state index in [4.69, 9.17) is 16.7 Å². The Labute approximate surface area is 92.8 Å². The standard InChI is InChI=1S/C7H5ClINO3/c8-6-1-4(10(12)13)2-7(9)5(6)3-11/h1-2,11H,3H2. The molecule has 1 N–H and O–H groups in total. The average Bonchev–Trinajstić information content (AvgIpc) is 2.03. The van der Waals surface area contributed by atoms with Crippen molar-refractivity contribution in [3.05, 3.63) is 36.4 Å². The fourth-order valence-corrected chi connectivity index (χ4v) is 2.06. The average molecular weight is 313 g/mol. The van der Waals surface area contributed by atoms with Gasteiger partial charge in [-0.2, -0.15) is 0 Å². The summed E-state index contributed by atoms with van der Waals surface area (Å²) < 4.78 is 0.597. The molecule has 0 saturated carbocycles. The molecule has 0 spiro atoms. The molecule has 0 heterocycles. The summed E-state index contributed by atoms with van der Waals surface area (Å²) in [6, 6.07) is 2.60. The molecular weight excluding hydrogens is 308 g/mol. The Morgan fingerprint density at radius 1 is 1.62 bits per heavy atom. The van der Waals surface area contributed by atoms with E-state index in [0.29, 0.717) is 9.13 Å². The Morgan fingerprint density at radius 2 is 2.23 bits per heavy atom. The van der Waals surface area contributed by atoms with Crippen LogP contribution in [0, 0.1) is 13.7 Å². The lowest BCUT2D eigenvalue weighted by Gasteiger charge is -2.02. The fraction of sp³-hybridized carbons (Fsp3) is 0.143. The number of aliphatic hydroxyl groups is 1. The summed E-state index contributed by atoms with van der Waals surface area (Å²) >= 11 is 7.61. The topological polar surface area (TPSA) is 63.4 Å². The van der Waals surface area contributed by atoms with Gasteiger partial charge in [-0.05, 0) is 22.6 Å². The molecule has 1 aromatic carbocycles. The van der Waals surface area contributed by atoms with Crippen LogP contribution in [0.3, 0.4) is 0 Å². The maximum absolute atomic E-state index is 10.4. The van der Waals surface area contributed by atoms with Crippen molar-refractivity contribution < 1.29 is 10.0 Å². The highest BCUT2D eigenvalue weighted by Crippen LogP contribution is 2.27. The van der Waals surface area contributed by atoms with E-state index in [1.807, 2.05) is 22.6 Å². The number of benzene rings is 1. The molecule has 0 atom stereocenters. The van der Waals surface area contributed by atoms with Crippen LogP contribution in [0.2, 0.25) is 5.02 Å². The number of nitro benzene ring substituents is 1. The van der Waals surface area contributed by atoms with Crippen LogP contribution in [0.25, 0.3) is 0 Å². The molecule has 0 aliphatic heterocycles. The molecule has 0 saturated heterocycles. The smallest absolute Gasteiger partial charge is 0.271 e. The van der Waals surface area contributed by atoms with E-state index in [0.717, 1.165) is 0 Å². The third-order valence-corrected chi connectivity index (χ3v) is 2.79. The molecule has 0 bridgehead atoms. The van der Waals surface area contributed by atoms with Crippen LogP contribution in [0.15, 0.2) is 12.1 Å². The number of rotatable bonds is 2. The van der Waals surface area contributed by atoms with Crippen LogP contribution in [0.5, 0.6) is 0 Å². The van der Waals surface area contributed by atoms with Crippen molar-refractivity contribution in [2.75, 3.05) is 0 Å². The molecule has 0 unspecified atom stereocenters. The summed E-state index contributed by atoms with van der Waals surface area (Å²) in [5, 5.41) is 19.5. The summed E-state index contributed by atoms with van der Waals surface area (Å²) in [7, 11) is 0. The molecule has 0 radical (unpaired) electrons. The van der Waals surface area contributed by atoms with Crippen molar-refractivity contribution >= 4 is 39.9 Å². The van der Waals surface area contributed by atoms with E-state index in [2.05, 4.69) is 0 Å². The minimum atomic E-state index is -0.519. The molecule has 4 nitrogen and oxygen atoms in total. The maximum Gasteiger partial charge on any atom is 0.271 e. The van der Waals surface area contributed by atoms with Gasteiger partial charge in [-0.15, -0.1) is 0 Å². The molecule has 0 aromatic heterocycles. The van der Waals surface area contributed by atoms with E-state index >= 15 is 0 Å². The second-order valence-electron chi connectivity index (χ2n) is 2.30. The van der Waals surface area contributed by atoms with Crippen molar-refractivity contribution in [1.82, 2.24) is 0 Å². The summed E-state index contributed by atoms with van der Waals surface area (Å²) in [6.07, 6.45) is 0. The molecule has 1 aromatic rings.